The van der Waals surface area contributed by atoms with E-state index < -0.39 is 14.6 Å². The quantitative estimate of drug-likeness (QED) is 0.915. The fourth-order valence-electron chi connectivity index (χ4n) is 3.26. The Balaban J connectivity index is 1.72. The van der Waals surface area contributed by atoms with Crippen molar-refractivity contribution in [3.63, 3.8) is 0 Å². The van der Waals surface area contributed by atoms with E-state index in [1.807, 2.05) is 30.3 Å². The van der Waals surface area contributed by atoms with Crippen LogP contribution in [0.15, 0.2) is 35.2 Å². The molecule has 1 atom stereocenters. The summed E-state index contributed by atoms with van der Waals surface area (Å²) in [7, 11) is -2.96. The Labute approximate surface area is 136 Å². The van der Waals surface area contributed by atoms with Gasteiger partial charge in [0, 0.05) is 10.9 Å². The third-order valence-electron chi connectivity index (χ3n) is 4.45. The Morgan fingerprint density at radius 1 is 1.18 bits per heavy atom. The first-order valence-electron chi connectivity index (χ1n) is 7.75. The van der Waals surface area contributed by atoms with Crippen molar-refractivity contribution in [1.29, 1.82) is 0 Å². The normalized spacial score (nSPS) is 25.9. The lowest BCUT2D eigenvalue weighted by Gasteiger charge is -2.28. The third kappa shape index (κ3) is 3.49. The maximum atomic E-state index is 12.8. The van der Waals surface area contributed by atoms with Crippen LogP contribution in [0.25, 0.3) is 0 Å². The molecule has 3 rings (SSSR count). The van der Waals surface area contributed by atoms with Gasteiger partial charge < -0.3 is 5.32 Å². The Kier molecular flexibility index (Phi) is 4.50. The minimum absolute atomic E-state index is 0.0148. The van der Waals surface area contributed by atoms with Gasteiger partial charge in [0.1, 0.15) is 0 Å². The van der Waals surface area contributed by atoms with Crippen LogP contribution >= 0.6 is 11.8 Å². The van der Waals surface area contributed by atoms with E-state index in [2.05, 4.69) is 5.32 Å². The highest BCUT2D eigenvalue weighted by molar-refractivity contribution is 8.01. The number of hydrogen-bond acceptors (Lipinski definition) is 4. The predicted molar refractivity (Wildman–Crippen MR) is 88.7 cm³/mol. The number of amides is 1. The molecular weight excluding hydrogens is 318 g/mol. The smallest absolute Gasteiger partial charge is 0.236 e. The van der Waals surface area contributed by atoms with E-state index in [-0.39, 0.29) is 23.5 Å². The number of thioether (sulfide) groups is 1. The van der Waals surface area contributed by atoms with Gasteiger partial charge in [-0.25, -0.2) is 8.42 Å². The average Bonchev–Trinajstić information content (AvgIpc) is 3.08. The zero-order valence-electron chi connectivity index (χ0n) is 12.5. The second kappa shape index (κ2) is 6.24. The SMILES string of the molecule is O=C(N[C@H]1CCS(=O)(=O)C1)C1(Sc2ccccc2)CCCC1. The molecule has 0 bridgehead atoms. The molecule has 1 saturated heterocycles. The van der Waals surface area contributed by atoms with E-state index >= 15 is 0 Å². The molecule has 0 spiro atoms. The molecule has 1 aliphatic carbocycles. The summed E-state index contributed by atoms with van der Waals surface area (Å²) >= 11 is 1.63. The van der Waals surface area contributed by atoms with Crippen LogP contribution in [-0.2, 0) is 14.6 Å². The molecule has 1 N–H and O–H groups in total. The van der Waals surface area contributed by atoms with Crippen LogP contribution in [0.3, 0.4) is 0 Å². The largest absolute Gasteiger partial charge is 0.351 e. The average molecular weight is 339 g/mol. The molecular formula is C16H21NO3S2. The molecule has 1 amide bonds. The van der Waals surface area contributed by atoms with Gasteiger partial charge in [-0.3, -0.25) is 4.79 Å². The molecule has 0 radical (unpaired) electrons. The first-order valence-corrected chi connectivity index (χ1v) is 10.4. The van der Waals surface area contributed by atoms with Gasteiger partial charge in [-0.05, 0) is 31.4 Å². The number of sulfone groups is 1. The van der Waals surface area contributed by atoms with Gasteiger partial charge in [0.2, 0.25) is 5.91 Å². The van der Waals surface area contributed by atoms with Crippen LogP contribution in [0.5, 0.6) is 0 Å². The molecule has 2 aliphatic rings. The van der Waals surface area contributed by atoms with Gasteiger partial charge in [0.25, 0.3) is 0 Å². The lowest BCUT2D eigenvalue weighted by molar-refractivity contribution is -0.123. The number of nitrogens with one attached hydrogen (secondary N) is 1. The summed E-state index contributed by atoms with van der Waals surface area (Å²) in [6.45, 7) is 0. The standard InChI is InChI=1S/C16H21NO3S2/c18-15(17-13-8-11-22(19,20)12-13)16(9-4-5-10-16)21-14-6-2-1-3-7-14/h1-3,6-7,13H,4-5,8-12H2,(H,17,18)/t13-/m0/s1. The predicted octanol–water partition coefficient (Wildman–Crippen LogP) is 2.39. The Morgan fingerprint density at radius 2 is 1.86 bits per heavy atom. The first-order chi connectivity index (χ1) is 10.5. The molecule has 2 fully saturated rings. The number of benzene rings is 1. The van der Waals surface area contributed by atoms with E-state index in [4.69, 9.17) is 0 Å². The van der Waals surface area contributed by atoms with Gasteiger partial charge in [0.15, 0.2) is 9.84 Å². The Morgan fingerprint density at radius 3 is 2.45 bits per heavy atom. The molecule has 1 saturated carbocycles. The second-order valence-corrected chi connectivity index (χ2v) is 9.88. The van der Waals surface area contributed by atoms with Crippen molar-refractivity contribution in [2.45, 2.75) is 47.8 Å². The van der Waals surface area contributed by atoms with E-state index in [1.54, 1.807) is 11.8 Å². The zero-order valence-corrected chi connectivity index (χ0v) is 14.1. The Hall–Kier alpha value is -1.01. The van der Waals surface area contributed by atoms with E-state index in [1.165, 1.54) is 0 Å². The molecule has 1 aliphatic heterocycles. The summed E-state index contributed by atoms with van der Waals surface area (Å²) in [4.78, 5) is 13.9. The van der Waals surface area contributed by atoms with Crippen molar-refractivity contribution in [3.05, 3.63) is 30.3 Å². The summed E-state index contributed by atoms with van der Waals surface area (Å²) < 4.78 is 22.7. The molecule has 0 aromatic heterocycles. The lowest BCUT2D eigenvalue weighted by Crippen LogP contribution is -2.47. The number of carbonyl (C=O) groups excluding carboxylic acids is 1. The minimum atomic E-state index is -2.96. The fourth-order valence-corrected chi connectivity index (χ4v) is 6.32. The highest BCUT2D eigenvalue weighted by Gasteiger charge is 2.43. The molecule has 1 heterocycles. The molecule has 22 heavy (non-hydrogen) atoms. The van der Waals surface area contributed by atoms with Gasteiger partial charge in [-0.2, -0.15) is 0 Å². The molecule has 1 aromatic carbocycles. The van der Waals surface area contributed by atoms with E-state index in [9.17, 15) is 13.2 Å². The zero-order chi connectivity index (χ0) is 15.6. The second-order valence-electron chi connectivity index (χ2n) is 6.19. The molecule has 1 aromatic rings. The summed E-state index contributed by atoms with van der Waals surface area (Å²) in [5, 5.41) is 3.00. The van der Waals surface area contributed by atoms with Crippen LogP contribution in [0.4, 0.5) is 0 Å². The highest BCUT2D eigenvalue weighted by atomic mass is 32.2. The lowest BCUT2D eigenvalue weighted by atomic mass is 10.1. The van der Waals surface area contributed by atoms with Gasteiger partial charge in [0.05, 0.1) is 16.3 Å². The van der Waals surface area contributed by atoms with Crippen LogP contribution in [0.2, 0.25) is 0 Å². The molecule has 120 valence electrons. The number of hydrogen-bond donors (Lipinski definition) is 1. The highest BCUT2D eigenvalue weighted by Crippen LogP contribution is 2.45. The fraction of sp³-hybridized carbons (Fsp3) is 0.562. The van der Waals surface area contributed by atoms with Crippen molar-refractivity contribution in [2.75, 3.05) is 11.5 Å². The monoisotopic (exact) mass is 339 g/mol. The van der Waals surface area contributed by atoms with Crippen LogP contribution in [0.1, 0.15) is 32.1 Å². The van der Waals surface area contributed by atoms with E-state index in [0.717, 1.165) is 30.6 Å². The molecule has 4 nitrogen and oxygen atoms in total. The number of carbonyl (C=O) groups is 1. The van der Waals surface area contributed by atoms with Crippen LogP contribution < -0.4 is 5.32 Å². The van der Waals surface area contributed by atoms with Crippen molar-refractivity contribution < 1.29 is 13.2 Å². The van der Waals surface area contributed by atoms with Crippen molar-refractivity contribution in [3.8, 4) is 0 Å². The van der Waals surface area contributed by atoms with Crippen LogP contribution in [0, 0.1) is 0 Å². The van der Waals surface area contributed by atoms with Crippen molar-refractivity contribution in [1.82, 2.24) is 5.32 Å². The van der Waals surface area contributed by atoms with Gasteiger partial charge in [-0.1, -0.05) is 31.0 Å². The van der Waals surface area contributed by atoms with Gasteiger partial charge in [-0.15, -0.1) is 11.8 Å². The van der Waals surface area contributed by atoms with Gasteiger partial charge >= 0.3 is 0 Å². The topological polar surface area (TPSA) is 63.2 Å². The van der Waals surface area contributed by atoms with Crippen molar-refractivity contribution >= 4 is 27.5 Å². The summed E-state index contributed by atoms with van der Waals surface area (Å²) in [6.07, 6.45) is 4.36. The van der Waals surface area contributed by atoms with Crippen molar-refractivity contribution in [2.24, 2.45) is 0 Å². The first kappa shape index (κ1) is 15.9. The maximum Gasteiger partial charge on any atom is 0.236 e. The van der Waals surface area contributed by atoms with E-state index in [0.29, 0.717) is 6.42 Å². The number of rotatable bonds is 4. The maximum absolute atomic E-state index is 12.8. The molecule has 0 unspecified atom stereocenters. The Bertz CT molecular complexity index is 637. The summed E-state index contributed by atoms with van der Waals surface area (Å²) in [5.74, 6) is 0.294. The summed E-state index contributed by atoms with van der Waals surface area (Å²) in [6, 6.07) is 9.76. The minimum Gasteiger partial charge on any atom is -0.351 e. The summed E-state index contributed by atoms with van der Waals surface area (Å²) in [5.41, 5.74) is 0. The third-order valence-corrected chi connectivity index (χ3v) is 7.71. The molecule has 6 heteroatoms. The van der Waals surface area contributed by atoms with Crippen LogP contribution in [-0.4, -0.2) is 36.6 Å².